The minimum atomic E-state index is -3.16. The summed E-state index contributed by atoms with van der Waals surface area (Å²) >= 11 is 0. The van der Waals surface area contributed by atoms with E-state index in [-0.39, 0.29) is 18.4 Å². The van der Waals surface area contributed by atoms with Crippen molar-refractivity contribution in [2.45, 2.75) is 51.3 Å². The van der Waals surface area contributed by atoms with Crippen LogP contribution in [0.4, 0.5) is 0 Å². The van der Waals surface area contributed by atoms with Gasteiger partial charge < -0.3 is 10.5 Å². The van der Waals surface area contributed by atoms with Crippen molar-refractivity contribution in [2.24, 2.45) is 5.73 Å². The van der Waals surface area contributed by atoms with E-state index < -0.39 is 14.6 Å². The van der Waals surface area contributed by atoms with Crippen LogP contribution in [0.2, 0.25) is 0 Å². The van der Waals surface area contributed by atoms with Crippen LogP contribution in [0, 0.1) is 0 Å². The van der Waals surface area contributed by atoms with Crippen LogP contribution in [0.3, 0.4) is 0 Å². The Hall–Kier alpha value is -1.14. The monoisotopic (exact) mass is 314 g/mol. The van der Waals surface area contributed by atoms with Gasteiger partial charge in [0.1, 0.15) is 12.4 Å². The van der Waals surface area contributed by atoms with Gasteiger partial charge in [-0.2, -0.15) is 0 Å². The maximum atomic E-state index is 11.9. The first-order chi connectivity index (χ1) is 9.65. The summed E-state index contributed by atoms with van der Waals surface area (Å²) in [5, 5.41) is 0. The Morgan fingerprint density at radius 2 is 2.00 bits per heavy atom. The third kappa shape index (κ3) is 5.63. The summed E-state index contributed by atoms with van der Waals surface area (Å²) in [4.78, 5) is 4.28. The molecular formula is C15H26N2O3S. The number of pyridine rings is 1. The third-order valence-electron chi connectivity index (χ3n) is 3.35. The van der Waals surface area contributed by atoms with Crippen molar-refractivity contribution in [3.8, 4) is 5.75 Å². The summed E-state index contributed by atoms with van der Waals surface area (Å²) < 4.78 is 28.6. The second-order valence-electron chi connectivity index (χ2n) is 6.14. The van der Waals surface area contributed by atoms with Gasteiger partial charge in [0.05, 0.1) is 16.7 Å². The molecule has 1 unspecified atom stereocenters. The summed E-state index contributed by atoms with van der Waals surface area (Å²) in [7, 11) is -3.16. The van der Waals surface area contributed by atoms with Crippen molar-refractivity contribution in [3.05, 3.63) is 24.0 Å². The third-order valence-corrected chi connectivity index (χ3v) is 5.92. The largest absolute Gasteiger partial charge is 0.491 e. The summed E-state index contributed by atoms with van der Waals surface area (Å²) in [5.41, 5.74) is 6.79. The van der Waals surface area contributed by atoms with Gasteiger partial charge in [-0.3, -0.25) is 4.98 Å². The molecule has 1 aromatic heterocycles. The average molecular weight is 314 g/mol. The fourth-order valence-electron chi connectivity index (χ4n) is 1.61. The summed E-state index contributed by atoms with van der Waals surface area (Å²) in [6.07, 6.45) is 3.25. The normalized spacial score (nSPS) is 14.0. The predicted molar refractivity (Wildman–Crippen MR) is 85.2 cm³/mol. The van der Waals surface area contributed by atoms with Gasteiger partial charge in [0.15, 0.2) is 9.84 Å². The fourth-order valence-corrected chi connectivity index (χ4v) is 2.52. The summed E-state index contributed by atoms with van der Waals surface area (Å²) in [6, 6.07) is 3.78. The second-order valence-corrected chi connectivity index (χ2v) is 9.00. The smallest absolute Gasteiger partial charge is 0.158 e. The minimum absolute atomic E-state index is 0.00103. The molecular weight excluding hydrogens is 288 g/mol. The predicted octanol–water partition coefficient (Wildman–Crippen LogP) is 1.95. The Bertz CT molecular complexity index is 533. The molecule has 0 amide bonds. The highest BCUT2D eigenvalue weighted by atomic mass is 32.2. The van der Waals surface area contributed by atoms with Crippen LogP contribution in [0.15, 0.2) is 18.3 Å². The lowest BCUT2D eigenvalue weighted by molar-refractivity contribution is 0.338. The van der Waals surface area contributed by atoms with E-state index in [9.17, 15) is 8.42 Å². The SMILES string of the molecule is CCC(N)Cc1ccc(OCCS(=O)(=O)C(C)(C)C)cn1. The molecule has 0 saturated heterocycles. The first kappa shape index (κ1) is 17.9. The lowest BCUT2D eigenvalue weighted by atomic mass is 10.1. The van der Waals surface area contributed by atoms with Crippen molar-refractivity contribution < 1.29 is 13.2 Å². The van der Waals surface area contributed by atoms with Crippen LogP contribution in [-0.4, -0.2) is 36.6 Å². The van der Waals surface area contributed by atoms with Crippen LogP contribution in [0.5, 0.6) is 5.75 Å². The van der Waals surface area contributed by atoms with Crippen molar-refractivity contribution in [1.82, 2.24) is 4.98 Å². The number of rotatable bonds is 7. The number of nitrogens with zero attached hydrogens (tertiary/aromatic N) is 1. The van der Waals surface area contributed by atoms with Gasteiger partial charge in [-0.05, 0) is 39.3 Å². The Morgan fingerprint density at radius 3 is 2.48 bits per heavy atom. The van der Waals surface area contributed by atoms with Crippen LogP contribution in [-0.2, 0) is 16.3 Å². The maximum absolute atomic E-state index is 11.9. The molecule has 1 atom stereocenters. The molecule has 120 valence electrons. The number of hydrogen-bond donors (Lipinski definition) is 1. The lowest BCUT2D eigenvalue weighted by Gasteiger charge is -2.19. The van der Waals surface area contributed by atoms with Gasteiger partial charge in [0.25, 0.3) is 0 Å². The highest BCUT2D eigenvalue weighted by molar-refractivity contribution is 7.92. The van der Waals surface area contributed by atoms with Crippen molar-refractivity contribution in [3.63, 3.8) is 0 Å². The first-order valence-electron chi connectivity index (χ1n) is 7.21. The number of hydrogen-bond acceptors (Lipinski definition) is 5. The zero-order chi connectivity index (χ0) is 16.1. The van der Waals surface area contributed by atoms with E-state index in [4.69, 9.17) is 10.5 Å². The van der Waals surface area contributed by atoms with Gasteiger partial charge in [-0.15, -0.1) is 0 Å². The molecule has 1 heterocycles. The molecule has 5 nitrogen and oxygen atoms in total. The number of aromatic nitrogens is 1. The summed E-state index contributed by atoms with van der Waals surface area (Å²) in [5.74, 6) is 0.576. The van der Waals surface area contributed by atoms with Gasteiger partial charge in [-0.25, -0.2) is 8.42 Å². The molecule has 0 aliphatic carbocycles. The fraction of sp³-hybridized carbons (Fsp3) is 0.667. The molecule has 0 bridgehead atoms. The van der Waals surface area contributed by atoms with Gasteiger partial charge in [0.2, 0.25) is 0 Å². The zero-order valence-corrected chi connectivity index (χ0v) is 14.1. The highest BCUT2D eigenvalue weighted by Crippen LogP contribution is 2.16. The molecule has 0 radical (unpaired) electrons. The molecule has 0 aromatic carbocycles. The van der Waals surface area contributed by atoms with Gasteiger partial charge in [0, 0.05) is 18.2 Å². The van der Waals surface area contributed by atoms with E-state index in [0.717, 1.165) is 18.5 Å². The standard InChI is InChI=1S/C15H26N2O3S/c1-5-12(16)10-13-6-7-14(11-17-13)20-8-9-21(18,19)15(2,3)4/h6-7,11-12H,5,8-10,16H2,1-4H3. The molecule has 0 spiro atoms. The Labute approximate surface area is 127 Å². The molecule has 0 saturated carbocycles. The van der Waals surface area contributed by atoms with Crippen LogP contribution < -0.4 is 10.5 Å². The van der Waals surface area contributed by atoms with Crippen LogP contribution >= 0.6 is 0 Å². The minimum Gasteiger partial charge on any atom is -0.491 e. The topological polar surface area (TPSA) is 82.3 Å². The molecule has 0 aliphatic heterocycles. The van der Waals surface area contributed by atoms with E-state index >= 15 is 0 Å². The van der Waals surface area contributed by atoms with E-state index in [0.29, 0.717) is 5.75 Å². The summed E-state index contributed by atoms with van der Waals surface area (Å²) in [6.45, 7) is 7.24. The molecule has 1 aromatic rings. The van der Waals surface area contributed by atoms with E-state index in [1.54, 1.807) is 33.0 Å². The Balaban J connectivity index is 2.51. The molecule has 0 fully saturated rings. The maximum Gasteiger partial charge on any atom is 0.158 e. The van der Waals surface area contributed by atoms with Gasteiger partial charge in [-0.1, -0.05) is 6.92 Å². The van der Waals surface area contributed by atoms with Crippen molar-refractivity contribution in [1.29, 1.82) is 0 Å². The van der Waals surface area contributed by atoms with E-state index in [1.807, 2.05) is 13.0 Å². The highest BCUT2D eigenvalue weighted by Gasteiger charge is 2.28. The van der Waals surface area contributed by atoms with Crippen molar-refractivity contribution >= 4 is 9.84 Å². The Kier molecular flexibility index (Phi) is 6.16. The average Bonchev–Trinajstić information content (AvgIpc) is 2.39. The molecule has 21 heavy (non-hydrogen) atoms. The van der Waals surface area contributed by atoms with Crippen LogP contribution in [0.25, 0.3) is 0 Å². The second kappa shape index (κ2) is 7.22. The lowest BCUT2D eigenvalue weighted by Crippen LogP contribution is -2.32. The molecule has 2 N–H and O–H groups in total. The molecule has 0 aliphatic rings. The quantitative estimate of drug-likeness (QED) is 0.832. The zero-order valence-electron chi connectivity index (χ0n) is 13.3. The molecule has 6 heteroatoms. The first-order valence-corrected chi connectivity index (χ1v) is 8.86. The van der Waals surface area contributed by atoms with Crippen LogP contribution in [0.1, 0.15) is 39.8 Å². The number of nitrogens with two attached hydrogens (primary N) is 1. The Morgan fingerprint density at radius 1 is 1.33 bits per heavy atom. The van der Waals surface area contributed by atoms with E-state index in [2.05, 4.69) is 4.98 Å². The van der Waals surface area contributed by atoms with E-state index in [1.165, 1.54) is 0 Å². The molecule has 1 rings (SSSR count). The number of sulfone groups is 1. The van der Waals surface area contributed by atoms with Gasteiger partial charge >= 0.3 is 0 Å². The van der Waals surface area contributed by atoms with Crippen molar-refractivity contribution in [2.75, 3.05) is 12.4 Å². The number of ether oxygens (including phenoxy) is 1.